The largest absolute Gasteiger partial charge is 0.486 e. The Morgan fingerprint density at radius 1 is 1.14 bits per heavy atom. The maximum Gasteiger partial charge on any atom is 0.286 e. The van der Waals surface area contributed by atoms with Crippen molar-refractivity contribution in [3.8, 4) is 5.75 Å². The number of carbonyl (C=O) groups excluding carboxylic acids is 2. The molecule has 1 atom stereocenters. The van der Waals surface area contributed by atoms with Gasteiger partial charge in [0.25, 0.3) is 5.91 Å². The normalized spacial score (nSPS) is 15.1. The van der Waals surface area contributed by atoms with Crippen LogP contribution in [0.2, 0.25) is 0 Å². The van der Waals surface area contributed by atoms with Crippen LogP contribution in [0.25, 0.3) is 0 Å². The van der Waals surface area contributed by atoms with Gasteiger partial charge in [-0.3, -0.25) is 9.59 Å². The van der Waals surface area contributed by atoms with E-state index in [1.54, 1.807) is 24.3 Å². The van der Waals surface area contributed by atoms with Crippen molar-refractivity contribution in [2.75, 3.05) is 13.1 Å². The molecule has 3 aromatic rings. The van der Waals surface area contributed by atoms with Crippen LogP contribution in [0, 0.1) is 11.7 Å². The van der Waals surface area contributed by atoms with Crippen molar-refractivity contribution in [1.29, 1.82) is 0 Å². The highest BCUT2D eigenvalue weighted by molar-refractivity contribution is 5.91. The Balaban J connectivity index is 1.57. The lowest BCUT2D eigenvalue weighted by Gasteiger charge is -2.39. The highest BCUT2D eigenvalue weighted by Gasteiger charge is 2.33. The van der Waals surface area contributed by atoms with Gasteiger partial charge >= 0.3 is 0 Å². The summed E-state index contributed by atoms with van der Waals surface area (Å²) >= 11 is 0. The molecule has 2 amide bonds. The van der Waals surface area contributed by atoms with Gasteiger partial charge in [-0.25, -0.2) is 4.39 Å². The summed E-state index contributed by atoms with van der Waals surface area (Å²) in [6, 6.07) is 15.2. The van der Waals surface area contributed by atoms with E-state index in [2.05, 4.69) is 5.32 Å². The minimum absolute atomic E-state index is 0.0563. The van der Waals surface area contributed by atoms with Crippen LogP contribution in [0.4, 0.5) is 4.39 Å². The molecule has 35 heavy (non-hydrogen) atoms. The number of halogens is 1. The predicted molar refractivity (Wildman–Crippen MR) is 131 cm³/mol. The number of hydrogen-bond acceptors (Lipinski definition) is 4. The van der Waals surface area contributed by atoms with Crippen molar-refractivity contribution in [2.45, 2.75) is 46.3 Å². The second-order valence-corrected chi connectivity index (χ2v) is 9.06. The highest BCUT2D eigenvalue weighted by Crippen LogP contribution is 2.38. The van der Waals surface area contributed by atoms with Crippen LogP contribution in [0.15, 0.2) is 59.0 Å². The van der Waals surface area contributed by atoms with Gasteiger partial charge in [0, 0.05) is 19.0 Å². The first kappa shape index (κ1) is 24.5. The molecule has 4 rings (SSSR count). The summed E-state index contributed by atoms with van der Waals surface area (Å²) in [6.45, 7) is 7.11. The zero-order valence-electron chi connectivity index (χ0n) is 20.3. The van der Waals surface area contributed by atoms with Crippen molar-refractivity contribution in [1.82, 2.24) is 10.2 Å². The van der Waals surface area contributed by atoms with Gasteiger partial charge in [-0.1, -0.05) is 39.0 Å². The predicted octanol–water partition coefficient (Wildman–Crippen LogP) is 5.27. The van der Waals surface area contributed by atoms with Gasteiger partial charge in [-0.05, 0) is 65.9 Å². The lowest BCUT2D eigenvalue weighted by atomic mass is 9.87. The molecule has 2 heterocycles. The third kappa shape index (κ3) is 5.56. The number of nitrogens with one attached hydrogen (secondary N) is 1. The van der Waals surface area contributed by atoms with Gasteiger partial charge in [0.1, 0.15) is 23.9 Å². The highest BCUT2D eigenvalue weighted by atomic mass is 19.1. The molecule has 1 unspecified atom stereocenters. The summed E-state index contributed by atoms with van der Waals surface area (Å²) < 4.78 is 25.3. The Bertz CT molecular complexity index is 1190. The van der Waals surface area contributed by atoms with Crippen molar-refractivity contribution in [2.24, 2.45) is 5.92 Å². The maximum atomic E-state index is 13.6. The Morgan fingerprint density at radius 3 is 2.63 bits per heavy atom. The monoisotopic (exact) mass is 478 g/mol. The molecule has 0 radical (unpaired) electrons. The van der Waals surface area contributed by atoms with Gasteiger partial charge in [-0.2, -0.15) is 0 Å². The van der Waals surface area contributed by atoms with Crippen molar-refractivity contribution in [3.05, 3.63) is 88.6 Å². The summed E-state index contributed by atoms with van der Waals surface area (Å²) in [5.74, 6) is 0.761. The fraction of sp³-hybridized carbons (Fsp3) is 0.357. The zero-order valence-corrected chi connectivity index (χ0v) is 20.3. The molecule has 2 aromatic carbocycles. The molecule has 184 valence electrons. The summed E-state index contributed by atoms with van der Waals surface area (Å²) in [6.07, 6.45) is 1.58. The van der Waals surface area contributed by atoms with Crippen LogP contribution in [0.1, 0.15) is 66.2 Å². The van der Waals surface area contributed by atoms with Gasteiger partial charge in [0.15, 0.2) is 5.76 Å². The molecular formula is C28H31FN2O4. The minimum Gasteiger partial charge on any atom is -0.486 e. The van der Waals surface area contributed by atoms with E-state index in [0.29, 0.717) is 24.6 Å². The van der Waals surface area contributed by atoms with Crippen LogP contribution in [0.3, 0.4) is 0 Å². The topological polar surface area (TPSA) is 71.8 Å². The van der Waals surface area contributed by atoms with Crippen molar-refractivity contribution >= 4 is 11.8 Å². The van der Waals surface area contributed by atoms with E-state index in [1.807, 2.05) is 43.9 Å². The van der Waals surface area contributed by atoms with E-state index in [9.17, 15) is 14.0 Å². The van der Waals surface area contributed by atoms with Crippen molar-refractivity contribution in [3.63, 3.8) is 0 Å². The fourth-order valence-corrected chi connectivity index (χ4v) is 4.31. The number of benzene rings is 2. The fourth-order valence-electron chi connectivity index (χ4n) is 4.31. The molecule has 1 aromatic heterocycles. The Kier molecular flexibility index (Phi) is 7.54. The Morgan fingerprint density at radius 2 is 1.91 bits per heavy atom. The summed E-state index contributed by atoms with van der Waals surface area (Å²) in [4.78, 5) is 27.0. The van der Waals surface area contributed by atoms with Crippen LogP contribution < -0.4 is 10.1 Å². The minimum atomic E-state index is -0.324. The molecule has 1 aliphatic rings. The first-order chi connectivity index (χ1) is 16.9. The van der Waals surface area contributed by atoms with Gasteiger partial charge in [-0.15, -0.1) is 0 Å². The standard InChI is InChI=1S/C28H31FN2O4/c1-4-14-30-27(32)25-12-11-23(35-25)17-34-22-10-7-19-13-15-31(28(33)18(2)3)26(24(19)16-22)20-5-8-21(29)9-6-20/h5-12,16,18,26H,4,13-15,17H2,1-3H3,(H,30,32). The number of amides is 2. The Labute approximate surface area is 205 Å². The molecule has 6 nitrogen and oxygen atoms in total. The molecule has 1 N–H and O–H groups in total. The first-order valence-corrected chi connectivity index (χ1v) is 12.1. The van der Waals surface area contributed by atoms with E-state index in [4.69, 9.17) is 9.15 Å². The van der Waals surface area contributed by atoms with E-state index in [0.717, 1.165) is 29.5 Å². The van der Waals surface area contributed by atoms with Crippen LogP contribution >= 0.6 is 0 Å². The van der Waals surface area contributed by atoms with Crippen LogP contribution in [-0.4, -0.2) is 29.8 Å². The number of rotatable bonds is 8. The van der Waals surface area contributed by atoms with Gasteiger partial charge in [0.2, 0.25) is 5.91 Å². The number of fused-ring (bicyclic) bond motifs is 1. The summed E-state index contributed by atoms with van der Waals surface area (Å²) in [5, 5.41) is 2.79. The summed E-state index contributed by atoms with van der Waals surface area (Å²) in [5.41, 5.74) is 2.95. The summed E-state index contributed by atoms with van der Waals surface area (Å²) in [7, 11) is 0. The molecular weight excluding hydrogens is 447 g/mol. The SMILES string of the molecule is CCCNC(=O)c1ccc(COc2ccc3c(c2)C(c2ccc(F)cc2)N(C(=O)C(C)C)CC3)o1. The van der Waals surface area contributed by atoms with E-state index < -0.39 is 0 Å². The van der Waals surface area contributed by atoms with Crippen molar-refractivity contribution < 1.29 is 23.1 Å². The molecule has 0 saturated heterocycles. The van der Waals surface area contributed by atoms with E-state index in [1.165, 1.54) is 12.1 Å². The number of furan rings is 1. The van der Waals surface area contributed by atoms with Gasteiger partial charge < -0.3 is 19.4 Å². The molecule has 1 aliphatic heterocycles. The zero-order chi connectivity index (χ0) is 24.9. The lowest BCUT2D eigenvalue weighted by Crippen LogP contribution is -2.42. The number of hydrogen-bond donors (Lipinski definition) is 1. The average Bonchev–Trinajstić information content (AvgIpc) is 3.34. The average molecular weight is 479 g/mol. The molecule has 0 bridgehead atoms. The van der Waals surface area contributed by atoms with Gasteiger partial charge in [0.05, 0.1) is 6.04 Å². The number of ether oxygens (including phenoxy) is 1. The molecule has 0 aliphatic carbocycles. The quantitative estimate of drug-likeness (QED) is 0.479. The molecule has 0 fully saturated rings. The van der Waals surface area contributed by atoms with Crippen LogP contribution in [0.5, 0.6) is 5.75 Å². The van der Waals surface area contributed by atoms with Crippen LogP contribution in [-0.2, 0) is 17.8 Å². The molecule has 0 saturated carbocycles. The lowest BCUT2D eigenvalue weighted by molar-refractivity contribution is -0.136. The smallest absolute Gasteiger partial charge is 0.286 e. The van der Waals surface area contributed by atoms with E-state index >= 15 is 0 Å². The molecule has 7 heteroatoms. The number of carbonyl (C=O) groups is 2. The van der Waals surface area contributed by atoms with E-state index in [-0.39, 0.29) is 42.0 Å². The molecule has 0 spiro atoms. The Hall–Kier alpha value is -3.61. The third-order valence-electron chi connectivity index (χ3n) is 6.11. The third-order valence-corrected chi connectivity index (χ3v) is 6.11. The number of nitrogens with zero attached hydrogens (tertiary/aromatic N) is 1. The maximum absolute atomic E-state index is 13.6. The second kappa shape index (κ2) is 10.8. The first-order valence-electron chi connectivity index (χ1n) is 12.1. The second-order valence-electron chi connectivity index (χ2n) is 9.06.